The van der Waals surface area contributed by atoms with Crippen LogP contribution in [-0.4, -0.2) is 9.38 Å². The lowest BCUT2D eigenvalue weighted by molar-refractivity contribution is 1.17. The Morgan fingerprint density at radius 3 is 3.08 bits per heavy atom. The summed E-state index contributed by atoms with van der Waals surface area (Å²) in [6.45, 7) is 2.02. The molecule has 2 heterocycles. The first-order chi connectivity index (χ1) is 5.70. The summed E-state index contributed by atoms with van der Waals surface area (Å²) in [5.74, 6) is 0.658. The van der Waals surface area contributed by atoms with Crippen molar-refractivity contribution in [1.82, 2.24) is 9.38 Å². The lowest BCUT2D eigenvalue weighted by Crippen LogP contribution is -1.93. The number of nitrogens with two attached hydrogens (primary N) is 1. The molecule has 0 aliphatic rings. The first-order valence-corrected chi connectivity index (χ1v) is 4.37. The van der Waals surface area contributed by atoms with Gasteiger partial charge in [0.05, 0.1) is 10.7 Å². The van der Waals surface area contributed by atoms with E-state index in [4.69, 9.17) is 5.73 Å². The molecule has 0 bridgehead atoms. The molecule has 0 aliphatic carbocycles. The Hall–Kier alpha value is -1.03. The van der Waals surface area contributed by atoms with Crippen molar-refractivity contribution in [1.29, 1.82) is 0 Å². The summed E-state index contributed by atoms with van der Waals surface area (Å²) >= 11 is 3.46. The van der Waals surface area contributed by atoms with Gasteiger partial charge < -0.3 is 5.73 Å². The zero-order chi connectivity index (χ0) is 8.72. The number of nitrogens with zero attached hydrogens (tertiary/aromatic N) is 2. The number of nitrogen functional groups attached to an aromatic ring is 1. The van der Waals surface area contributed by atoms with Crippen LogP contribution in [0.4, 0.5) is 5.82 Å². The van der Waals surface area contributed by atoms with Crippen molar-refractivity contribution in [3.63, 3.8) is 0 Å². The number of pyridine rings is 1. The van der Waals surface area contributed by atoms with Crippen LogP contribution in [0.1, 0.15) is 5.56 Å². The largest absolute Gasteiger partial charge is 0.383 e. The van der Waals surface area contributed by atoms with Gasteiger partial charge in [0.1, 0.15) is 5.82 Å². The van der Waals surface area contributed by atoms with Crippen LogP contribution in [0.5, 0.6) is 0 Å². The standard InChI is InChI=1S/C8H8BrN3/c1-5-2-3-12-6(10)4-11-8(12)7(5)9/h2-4H,10H2,1H3. The van der Waals surface area contributed by atoms with Gasteiger partial charge in [-0.2, -0.15) is 0 Å². The Bertz CT molecular complexity index is 433. The predicted octanol–water partition coefficient (Wildman–Crippen LogP) is 1.99. The number of aryl methyl sites for hydroxylation is 1. The van der Waals surface area contributed by atoms with Crippen molar-refractivity contribution in [2.45, 2.75) is 6.92 Å². The zero-order valence-electron chi connectivity index (χ0n) is 6.58. The molecule has 2 aromatic rings. The first kappa shape index (κ1) is 7.61. The number of halogens is 1. The Balaban J connectivity index is 2.93. The molecule has 0 aromatic carbocycles. The fourth-order valence-electron chi connectivity index (χ4n) is 1.13. The number of hydrogen-bond acceptors (Lipinski definition) is 2. The Labute approximate surface area is 78.3 Å². The van der Waals surface area contributed by atoms with Crippen molar-refractivity contribution in [2.75, 3.05) is 5.73 Å². The number of fused-ring (bicyclic) bond motifs is 1. The fourth-order valence-corrected chi connectivity index (χ4v) is 1.55. The topological polar surface area (TPSA) is 43.3 Å². The molecule has 62 valence electrons. The highest BCUT2D eigenvalue weighted by Gasteiger charge is 2.04. The minimum absolute atomic E-state index is 0.658. The van der Waals surface area contributed by atoms with Crippen LogP contribution in [0.15, 0.2) is 22.9 Å². The van der Waals surface area contributed by atoms with E-state index in [1.807, 2.05) is 23.6 Å². The van der Waals surface area contributed by atoms with E-state index in [2.05, 4.69) is 20.9 Å². The second-order valence-electron chi connectivity index (χ2n) is 2.69. The molecule has 0 spiro atoms. The number of rotatable bonds is 0. The van der Waals surface area contributed by atoms with E-state index in [9.17, 15) is 0 Å². The third-order valence-corrected chi connectivity index (χ3v) is 2.82. The maximum Gasteiger partial charge on any atom is 0.152 e. The minimum atomic E-state index is 0.658. The SMILES string of the molecule is Cc1ccn2c(N)cnc2c1Br. The average Bonchev–Trinajstić information content (AvgIpc) is 2.41. The number of hydrogen-bond donors (Lipinski definition) is 1. The van der Waals surface area contributed by atoms with Crippen LogP contribution < -0.4 is 5.73 Å². The van der Waals surface area contributed by atoms with Crippen molar-refractivity contribution in [3.8, 4) is 0 Å². The maximum atomic E-state index is 5.67. The molecular formula is C8H8BrN3. The normalized spacial score (nSPS) is 10.8. The molecule has 0 saturated heterocycles. The van der Waals surface area contributed by atoms with E-state index in [0.717, 1.165) is 15.7 Å². The lowest BCUT2D eigenvalue weighted by Gasteiger charge is -2.00. The first-order valence-electron chi connectivity index (χ1n) is 3.58. The summed E-state index contributed by atoms with van der Waals surface area (Å²) in [6, 6.07) is 2.00. The molecule has 0 saturated carbocycles. The highest BCUT2D eigenvalue weighted by molar-refractivity contribution is 9.10. The summed E-state index contributed by atoms with van der Waals surface area (Å²) in [6.07, 6.45) is 3.57. The Morgan fingerprint density at radius 1 is 1.58 bits per heavy atom. The third-order valence-electron chi connectivity index (χ3n) is 1.84. The van der Waals surface area contributed by atoms with Crippen molar-refractivity contribution in [3.05, 3.63) is 28.5 Å². The van der Waals surface area contributed by atoms with Crippen LogP contribution in [0.25, 0.3) is 5.65 Å². The van der Waals surface area contributed by atoms with E-state index >= 15 is 0 Å². The quantitative estimate of drug-likeness (QED) is 0.746. The molecule has 3 nitrogen and oxygen atoms in total. The van der Waals surface area contributed by atoms with E-state index in [1.54, 1.807) is 6.20 Å². The van der Waals surface area contributed by atoms with Gasteiger partial charge in [-0.3, -0.25) is 4.40 Å². The summed E-state index contributed by atoms with van der Waals surface area (Å²) in [5, 5.41) is 0. The van der Waals surface area contributed by atoms with Crippen molar-refractivity contribution in [2.24, 2.45) is 0 Å². The maximum absolute atomic E-state index is 5.67. The predicted molar refractivity (Wildman–Crippen MR) is 52.0 cm³/mol. The summed E-state index contributed by atoms with van der Waals surface area (Å²) in [7, 11) is 0. The van der Waals surface area contributed by atoms with Gasteiger partial charge in [0.2, 0.25) is 0 Å². The monoisotopic (exact) mass is 225 g/mol. The fraction of sp³-hybridized carbons (Fsp3) is 0.125. The lowest BCUT2D eigenvalue weighted by atomic mass is 10.3. The van der Waals surface area contributed by atoms with Gasteiger partial charge in [-0.25, -0.2) is 4.98 Å². The van der Waals surface area contributed by atoms with E-state index in [0.29, 0.717) is 5.82 Å². The van der Waals surface area contributed by atoms with Crippen LogP contribution in [0.3, 0.4) is 0 Å². The van der Waals surface area contributed by atoms with Gasteiger partial charge in [0.15, 0.2) is 5.65 Å². The molecule has 2 N–H and O–H groups in total. The number of aromatic nitrogens is 2. The van der Waals surface area contributed by atoms with Crippen molar-refractivity contribution >= 4 is 27.4 Å². The molecule has 0 atom stereocenters. The Kier molecular flexibility index (Phi) is 1.58. The molecule has 0 amide bonds. The molecule has 0 fully saturated rings. The van der Waals surface area contributed by atoms with E-state index < -0.39 is 0 Å². The molecule has 0 radical (unpaired) electrons. The molecule has 2 rings (SSSR count). The van der Waals surface area contributed by atoms with Gasteiger partial charge >= 0.3 is 0 Å². The van der Waals surface area contributed by atoms with Crippen molar-refractivity contribution < 1.29 is 0 Å². The summed E-state index contributed by atoms with van der Waals surface area (Å²) < 4.78 is 2.85. The highest BCUT2D eigenvalue weighted by atomic mass is 79.9. The van der Waals surface area contributed by atoms with Gasteiger partial charge in [0.25, 0.3) is 0 Å². The van der Waals surface area contributed by atoms with Gasteiger partial charge in [-0.1, -0.05) is 0 Å². The number of imidazole rings is 1. The minimum Gasteiger partial charge on any atom is -0.383 e. The second-order valence-corrected chi connectivity index (χ2v) is 3.48. The van der Waals surface area contributed by atoms with E-state index in [1.165, 1.54) is 0 Å². The summed E-state index contributed by atoms with van der Waals surface area (Å²) in [5.41, 5.74) is 7.70. The summed E-state index contributed by atoms with van der Waals surface area (Å²) in [4.78, 5) is 4.17. The molecule has 4 heteroatoms. The molecule has 2 aromatic heterocycles. The Morgan fingerprint density at radius 2 is 2.33 bits per heavy atom. The zero-order valence-corrected chi connectivity index (χ0v) is 8.17. The smallest absolute Gasteiger partial charge is 0.152 e. The second kappa shape index (κ2) is 2.48. The van der Waals surface area contributed by atoms with Gasteiger partial charge in [-0.15, -0.1) is 0 Å². The van der Waals surface area contributed by atoms with Gasteiger partial charge in [0, 0.05) is 6.20 Å². The van der Waals surface area contributed by atoms with Crippen LogP contribution in [0.2, 0.25) is 0 Å². The van der Waals surface area contributed by atoms with E-state index in [-0.39, 0.29) is 0 Å². The van der Waals surface area contributed by atoms with Crippen LogP contribution >= 0.6 is 15.9 Å². The highest BCUT2D eigenvalue weighted by Crippen LogP contribution is 2.22. The van der Waals surface area contributed by atoms with Crippen LogP contribution in [-0.2, 0) is 0 Å². The molecule has 0 aliphatic heterocycles. The third kappa shape index (κ3) is 0.914. The average molecular weight is 226 g/mol. The molecular weight excluding hydrogens is 218 g/mol. The molecule has 12 heavy (non-hydrogen) atoms. The van der Waals surface area contributed by atoms with Crippen LogP contribution in [0, 0.1) is 6.92 Å². The number of anilines is 1. The van der Waals surface area contributed by atoms with Gasteiger partial charge in [-0.05, 0) is 34.5 Å². The molecule has 0 unspecified atom stereocenters.